The fourth-order valence-corrected chi connectivity index (χ4v) is 3.56. The Morgan fingerprint density at radius 3 is 2.62 bits per heavy atom. The number of likely N-dealkylation sites (tertiary alicyclic amines) is 1. The minimum atomic E-state index is -0.995. The van der Waals surface area contributed by atoms with Gasteiger partial charge in [0, 0.05) is 31.7 Å². The Bertz CT molecular complexity index is 549. The standard InChI is InChI=1S/C13H18N2O.C2H5NO2/c1-13-6-7-14(2)12(13)15(3)11-5-4-9(16)8-10(11)13;1-3-2(4)5/h4-5,8,12,16H,6-7H2,1-3H3;3H,1H3,(H,4,5). The Morgan fingerprint density at radius 2 is 2.05 bits per heavy atom. The van der Waals surface area contributed by atoms with Crippen molar-refractivity contribution in [1.29, 1.82) is 0 Å². The molecule has 3 N–H and O–H groups in total. The van der Waals surface area contributed by atoms with E-state index in [0.29, 0.717) is 11.9 Å². The van der Waals surface area contributed by atoms with Crippen molar-refractivity contribution >= 4 is 11.8 Å². The SMILES string of the molecule is CN1CCC2(C)c3cc(O)ccc3N(C)C12.CNC(=O)O. The van der Waals surface area contributed by atoms with Crippen molar-refractivity contribution in [1.82, 2.24) is 10.2 Å². The Kier molecular flexibility index (Phi) is 4.00. The number of aromatic hydroxyl groups is 1. The third-order valence-electron chi connectivity index (χ3n) is 4.53. The van der Waals surface area contributed by atoms with E-state index in [0.717, 1.165) is 13.0 Å². The maximum absolute atomic E-state index is 9.65. The van der Waals surface area contributed by atoms with Gasteiger partial charge < -0.3 is 20.4 Å². The predicted octanol–water partition coefficient (Wildman–Crippen LogP) is 1.65. The van der Waals surface area contributed by atoms with E-state index in [-0.39, 0.29) is 5.41 Å². The van der Waals surface area contributed by atoms with Gasteiger partial charge in [0.25, 0.3) is 0 Å². The molecule has 2 unspecified atom stereocenters. The van der Waals surface area contributed by atoms with E-state index in [2.05, 4.69) is 30.8 Å². The molecule has 1 saturated heterocycles. The van der Waals surface area contributed by atoms with Gasteiger partial charge in [0.15, 0.2) is 0 Å². The zero-order valence-electron chi connectivity index (χ0n) is 12.9. The fourth-order valence-electron chi connectivity index (χ4n) is 3.56. The molecule has 2 heterocycles. The molecular formula is C15H23N3O3. The van der Waals surface area contributed by atoms with Crippen LogP contribution in [0.2, 0.25) is 0 Å². The number of phenols is 1. The highest BCUT2D eigenvalue weighted by Crippen LogP contribution is 2.51. The number of nitrogens with one attached hydrogen (secondary N) is 1. The minimum Gasteiger partial charge on any atom is -0.508 e. The Balaban J connectivity index is 0.000000282. The van der Waals surface area contributed by atoms with Crippen LogP contribution >= 0.6 is 0 Å². The number of hydrogen-bond donors (Lipinski definition) is 3. The number of hydrogen-bond acceptors (Lipinski definition) is 4. The van der Waals surface area contributed by atoms with Gasteiger partial charge >= 0.3 is 6.09 Å². The predicted molar refractivity (Wildman–Crippen MR) is 82.0 cm³/mol. The molecule has 1 aromatic carbocycles. The van der Waals surface area contributed by atoms with Gasteiger partial charge in [-0.15, -0.1) is 0 Å². The van der Waals surface area contributed by atoms with Gasteiger partial charge in [0.1, 0.15) is 5.75 Å². The number of rotatable bonds is 0. The molecule has 0 saturated carbocycles. The molecule has 0 aromatic heterocycles. The number of fused-ring (bicyclic) bond motifs is 3. The summed E-state index contributed by atoms with van der Waals surface area (Å²) in [5, 5.41) is 19.2. The third kappa shape index (κ3) is 2.51. The smallest absolute Gasteiger partial charge is 0.404 e. The second-order valence-corrected chi connectivity index (χ2v) is 5.89. The molecule has 2 atom stereocenters. The second kappa shape index (κ2) is 5.44. The van der Waals surface area contributed by atoms with Crippen molar-refractivity contribution < 1.29 is 15.0 Å². The van der Waals surface area contributed by atoms with Crippen LogP contribution < -0.4 is 10.2 Å². The highest BCUT2D eigenvalue weighted by Gasteiger charge is 2.52. The summed E-state index contributed by atoms with van der Waals surface area (Å²) in [6, 6.07) is 5.74. The lowest BCUT2D eigenvalue weighted by Gasteiger charge is -2.32. The number of carboxylic acid groups (broad SMARTS) is 1. The van der Waals surface area contributed by atoms with Crippen LogP contribution in [0.15, 0.2) is 18.2 Å². The molecule has 0 aliphatic carbocycles. The second-order valence-electron chi connectivity index (χ2n) is 5.89. The van der Waals surface area contributed by atoms with Gasteiger partial charge in [-0.3, -0.25) is 4.90 Å². The first-order chi connectivity index (χ1) is 9.81. The summed E-state index contributed by atoms with van der Waals surface area (Å²) in [7, 11) is 5.67. The van der Waals surface area contributed by atoms with Crippen molar-refractivity contribution in [2.45, 2.75) is 24.9 Å². The van der Waals surface area contributed by atoms with Crippen LogP contribution in [0.25, 0.3) is 0 Å². The lowest BCUT2D eigenvalue weighted by atomic mass is 9.81. The normalized spacial score (nSPS) is 26.7. The van der Waals surface area contributed by atoms with E-state index in [9.17, 15) is 9.90 Å². The van der Waals surface area contributed by atoms with E-state index in [1.54, 1.807) is 6.07 Å². The van der Waals surface area contributed by atoms with Crippen molar-refractivity contribution in [2.75, 3.05) is 32.6 Å². The van der Waals surface area contributed by atoms with Gasteiger partial charge in [-0.25, -0.2) is 4.79 Å². The quantitative estimate of drug-likeness (QED) is 0.678. The summed E-state index contributed by atoms with van der Waals surface area (Å²) in [6.07, 6.45) is 0.601. The largest absolute Gasteiger partial charge is 0.508 e. The van der Waals surface area contributed by atoms with Crippen LogP contribution in [0.1, 0.15) is 18.9 Å². The molecule has 2 aliphatic heterocycles. The molecule has 2 aliphatic rings. The number of nitrogens with zero attached hydrogens (tertiary/aromatic N) is 2. The lowest BCUT2D eigenvalue weighted by molar-refractivity contribution is 0.197. The molecule has 6 heteroatoms. The molecule has 116 valence electrons. The first-order valence-corrected chi connectivity index (χ1v) is 6.98. The van der Waals surface area contributed by atoms with Crippen LogP contribution in [0.5, 0.6) is 5.75 Å². The van der Waals surface area contributed by atoms with Crippen LogP contribution in [-0.4, -0.2) is 55.1 Å². The number of benzene rings is 1. The number of carbonyl (C=O) groups is 1. The number of likely N-dealkylation sites (N-methyl/N-ethyl adjacent to an activating group) is 2. The van der Waals surface area contributed by atoms with E-state index in [4.69, 9.17) is 5.11 Å². The summed E-state index contributed by atoms with van der Waals surface area (Å²) < 4.78 is 0. The van der Waals surface area contributed by atoms with Crippen molar-refractivity contribution in [3.05, 3.63) is 23.8 Å². The van der Waals surface area contributed by atoms with Crippen LogP contribution in [0.3, 0.4) is 0 Å². The van der Waals surface area contributed by atoms with Crippen molar-refractivity contribution in [3.63, 3.8) is 0 Å². The Hall–Kier alpha value is -1.95. The minimum absolute atomic E-state index is 0.164. The average molecular weight is 293 g/mol. The fraction of sp³-hybridized carbons (Fsp3) is 0.533. The van der Waals surface area contributed by atoms with E-state index in [1.165, 1.54) is 18.3 Å². The summed E-state index contributed by atoms with van der Waals surface area (Å²) in [6.45, 7) is 3.43. The van der Waals surface area contributed by atoms with E-state index < -0.39 is 6.09 Å². The molecule has 0 radical (unpaired) electrons. The summed E-state index contributed by atoms with van der Waals surface area (Å²) in [5.74, 6) is 0.378. The zero-order valence-corrected chi connectivity index (χ0v) is 12.9. The third-order valence-corrected chi connectivity index (χ3v) is 4.53. The molecule has 1 aromatic rings. The summed E-state index contributed by atoms with van der Waals surface area (Å²) in [5.41, 5.74) is 2.72. The van der Waals surface area contributed by atoms with Gasteiger partial charge in [-0.2, -0.15) is 0 Å². The molecule has 1 fully saturated rings. The average Bonchev–Trinajstić information content (AvgIpc) is 2.85. The highest BCUT2D eigenvalue weighted by atomic mass is 16.4. The first kappa shape index (κ1) is 15.4. The summed E-state index contributed by atoms with van der Waals surface area (Å²) >= 11 is 0. The van der Waals surface area contributed by atoms with E-state index >= 15 is 0 Å². The number of anilines is 1. The zero-order chi connectivity index (χ0) is 15.8. The molecule has 21 heavy (non-hydrogen) atoms. The van der Waals surface area contributed by atoms with Crippen LogP contribution in [0.4, 0.5) is 10.5 Å². The van der Waals surface area contributed by atoms with Gasteiger partial charge in [-0.1, -0.05) is 6.92 Å². The molecule has 1 amide bonds. The monoisotopic (exact) mass is 293 g/mol. The van der Waals surface area contributed by atoms with Crippen LogP contribution in [0, 0.1) is 0 Å². The van der Waals surface area contributed by atoms with Gasteiger partial charge in [-0.05, 0) is 37.2 Å². The Labute approximate surface area is 125 Å². The lowest BCUT2D eigenvalue weighted by Crippen LogP contribution is -2.45. The maximum atomic E-state index is 9.65. The summed E-state index contributed by atoms with van der Waals surface area (Å²) in [4.78, 5) is 14.0. The van der Waals surface area contributed by atoms with Crippen LogP contribution in [-0.2, 0) is 5.41 Å². The number of amides is 1. The molecule has 3 rings (SSSR count). The van der Waals surface area contributed by atoms with Crippen molar-refractivity contribution in [2.24, 2.45) is 0 Å². The van der Waals surface area contributed by atoms with E-state index in [1.807, 2.05) is 17.4 Å². The molecule has 0 spiro atoms. The highest BCUT2D eigenvalue weighted by molar-refractivity contribution is 5.66. The molecule has 0 bridgehead atoms. The molecule has 6 nitrogen and oxygen atoms in total. The van der Waals surface area contributed by atoms with Gasteiger partial charge in [0.2, 0.25) is 0 Å². The molecular weight excluding hydrogens is 270 g/mol. The first-order valence-electron chi connectivity index (χ1n) is 6.98. The van der Waals surface area contributed by atoms with Crippen molar-refractivity contribution in [3.8, 4) is 5.75 Å². The van der Waals surface area contributed by atoms with Gasteiger partial charge in [0.05, 0.1) is 6.17 Å². The topological polar surface area (TPSA) is 76.0 Å². The maximum Gasteiger partial charge on any atom is 0.404 e. The Morgan fingerprint density at radius 1 is 1.43 bits per heavy atom. The number of phenolic OH excluding ortho intramolecular Hbond substituents is 1.